The van der Waals surface area contributed by atoms with E-state index in [9.17, 15) is 4.39 Å². The fourth-order valence-electron chi connectivity index (χ4n) is 2.27. The lowest BCUT2D eigenvalue weighted by Gasteiger charge is -2.10. The van der Waals surface area contributed by atoms with Gasteiger partial charge in [-0.25, -0.2) is 4.39 Å². The van der Waals surface area contributed by atoms with Gasteiger partial charge in [0.05, 0.1) is 20.3 Å². The first-order valence-electron chi connectivity index (χ1n) is 8.14. The van der Waals surface area contributed by atoms with Crippen molar-refractivity contribution in [1.82, 2.24) is 0 Å². The minimum Gasteiger partial charge on any atom is -0.493 e. The first kappa shape index (κ1) is 18.6. The highest BCUT2D eigenvalue weighted by Crippen LogP contribution is 2.26. The molecule has 0 radical (unpaired) electrons. The van der Waals surface area contributed by atoms with Crippen molar-refractivity contribution in [2.24, 2.45) is 5.73 Å². The average molecular weight is 346 g/mol. The molecule has 0 aliphatic carbocycles. The highest BCUT2D eigenvalue weighted by molar-refractivity contribution is 5.95. The van der Waals surface area contributed by atoms with Crippen LogP contribution >= 0.6 is 0 Å². The number of nitrogen functional groups attached to an aromatic ring is 1. The van der Waals surface area contributed by atoms with E-state index in [0.29, 0.717) is 18.8 Å². The summed E-state index contributed by atoms with van der Waals surface area (Å²) >= 11 is 0. The predicted octanol–water partition coefficient (Wildman–Crippen LogP) is 3.75. The Balaban J connectivity index is 1.64. The lowest BCUT2D eigenvalue weighted by Crippen LogP contribution is -2.11. The highest BCUT2D eigenvalue weighted by Gasteiger charge is 2.06. The predicted molar refractivity (Wildman–Crippen MR) is 95.3 cm³/mol. The molecule has 3 N–H and O–H groups in total. The number of halogens is 1. The van der Waals surface area contributed by atoms with Gasteiger partial charge in [-0.3, -0.25) is 5.41 Å². The Labute approximate surface area is 147 Å². The first-order valence-corrected chi connectivity index (χ1v) is 8.14. The summed E-state index contributed by atoms with van der Waals surface area (Å²) in [5.41, 5.74) is 5.66. The number of amidine groups is 1. The van der Waals surface area contributed by atoms with E-state index in [2.05, 4.69) is 0 Å². The Morgan fingerprint density at radius 3 is 2.20 bits per heavy atom. The number of methoxy groups -OCH3 is 1. The minimum absolute atomic E-state index is 0.166. The molecule has 2 aromatic rings. The Hall–Kier alpha value is -2.76. The summed E-state index contributed by atoms with van der Waals surface area (Å²) in [5.74, 6) is 0.951. The van der Waals surface area contributed by atoms with Crippen LogP contribution in [0.25, 0.3) is 0 Å². The van der Waals surface area contributed by atoms with Crippen LogP contribution in [0.15, 0.2) is 42.5 Å². The van der Waals surface area contributed by atoms with Crippen molar-refractivity contribution in [2.45, 2.75) is 19.3 Å². The van der Waals surface area contributed by atoms with Crippen LogP contribution < -0.4 is 19.9 Å². The molecule has 0 bridgehead atoms. The zero-order valence-electron chi connectivity index (χ0n) is 14.3. The van der Waals surface area contributed by atoms with Gasteiger partial charge in [0.1, 0.15) is 5.84 Å². The summed E-state index contributed by atoms with van der Waals surface area (Å²) in [4.78, 5) is 0. The van der Waals surface area contributed by atoms with E-state index >= 15 is 0 Å². The second-order valence-electron chi connectivity index (χ2n) is 5.47. The largest absolute Gasteiger partial charge is 0.493 e. The number of hydrogen-bond acceptors (Lipinski definition) is 4. The molecule has 0 aliphatic heterocycles. The van der Waals surface area contributed by atoms with Gasteiger partial charge in [0.15, 0.2) is 23.1 Å². The molecule has 5 nitrogen and oxygen atoms in total. The number of unbranched alkanes of at least 4 members (excludes halogenated alkanes) is 2. The molecule has 0 amide bonds. The lowest BCUT2D eigenvalue weighted by atomic mass is 10.2. The minimum atomic E-state index is -0.507. The second-order valence-corrected chi connectivity index (χ2v) is 5.47. The molecule has 134 valence electrons. The average Bonchev–Trinajstić information content (AvgIpc) is 2.62. The Morgan fingerprint density at radius 2 is 1.60 bits per heavy atom. The van der Waals surface area contributed by atoms with Gasteiger partial charge in [0.25, 0.3) is 0 Å². The molecule has 0 unspecified atom stereocenters. The molecule has 0 aliphatic rings. The van der Waals surface area contributed by atoms with Crippen molar-refractivity contribution in [3.05, 3.63) is 53.8 Å². The summed E-state index contributed by atoms with van der Waals surface area (Å²) in [7, 11) is 1.61. The number of hydrogen-bond donors (Lipinski definition) is 2. The Kier molecular flexibility index (Phi) is 7.07. The summed E-state index contributed by atoms with van der Waals surface area (Å²) in [6.07, 6.45) is 2.57. The van der Waals surface area contributed by atoms with Crippen LogP contribution in [-0.2, 0) is 0 Å². The second kappa shape index (κ2) is 9.52. The zero-order valence-corrected chi connectivity index (χ0v) is 14.3. The SMILES string of the molecule is COc1ccccc1OCCCCCOc1ccc(C(=N)N)cc1F. The summed E-state index contributed by atoms with van der Waals surface area (Å²) in [6, 6.07) is 11.8. The van der Waals surface area contributed by atoms with E-state index in [1.54, 1.807) is 13.2 Å². The van der Waals surface area contributed by atoms with Gasteiger partial charge in [-0.2, -0.15) is 0 Å². The molecular weight excluding hydrogens is 323 g/mol. The van der Waals surface area contributed by atoms with Gasteiger partial charge in [-0.05, 0) is 49.6 Å². The molecule has 2 aromatic carbocycles. The molecule has 25 heavy (non-hydrogen) atoms. The standard InChI is InChI=1S/C19H23FN2O3/c1-23-17-7-3-4-8-18(17)25-12-6-2-5-11-24-16-10-9-14(19(21)22)13-15(16)20/h3-4,7-10,13H,2,5-6,11-12H2,1H3,(H3,21,22). The number of para-hydroxylation sites is 2. The van der Waals surface area contributed by atoms with Crippen molar-refractivity contribution in [3.63, 3.8) is 0 Å². The maximum Gasteiger partial charge on any atom is 0.165 e. The van der Waals surface area contributed by atoms with E-state index in [4.69, 9.17) is 25.4 Å². The number of benzene rings is 2. The molecule has 0 atom stereocenters. The van der Waals surface area contributed by atoms with Crippen molar-refractivity contribution < 1.29 is 18.6 Å². The third kappa shape index (κ3) is 5.67. The van der Waals surface area contributed by atoms with E-state index in [1.165, 1.54) is 12.1 Å². The lowest BCUT2D eigenvalue weighted by molar-refractivity contribution is 0.265. The summed E-state index contributed by atoms with van der Waals surface area (Å²) in [5, 5.41) is 7.27. The van der Waals surface area contributed by atoms with E-state index in [0.717, 1.165) is 30.8 Å². The fourth-order valence-corrected chi connectivity index (χ4v) is 2.27. The number of ether oxygens (including phenoxy) is 3. The molecule has 0 spiro atoms. The molecule has 0 heterocycles. The van der Waals surface area contributed by atoms with Crippen LogP contribution in [0.1, 0.15) is 24.8 Å². The maximum absolute atomic E-state index is 13.8. The van der Waals surface area contributed by atoms with E-state index < -0.39 is 5.82 Å². The maximum atomic E-state index is 13.8. The molecule has 0 aromatic heterocycles. The monoisotopic (exact) mass is 346 g/mol. The van der Waals surface area contributed by atoms with Crippen molar-refractivity contribution >= 4 is 5.84 Å². The van der Waals surface area contributed by atoms with Crippen molar-refractivity contribution in [2.75, 3.05) is 20.3 Å². The zero-order chi connectivity index (χ0) is 18.1. The van der Waals surface area contributed by atoms with Gasteiger partial charge in [-0.15, -0.1) is 0 Å². The Morgan fingerprint density at radius 1 is 0.960 bits per heavy atom. The molecular formula is C19H23FN2O3. The van der Waals surface area contributed by atoms with Crippen LogP contribution in [0, 0.1) is 11.2 Å². The Bertz CT molecular complexity index is 707. The summed E-state index contributed by atoms with van der Waals surface area (Å²) in [6.45, 7) is 1.01. The molecule has 2 rings (SSSR count). The smallest absolute Gasteiger partial charge is 0.165 e. The quantitative estimate of drug-likeness (QED) is 0.390. The van der Waals surface area contributed by atoms with Crippen LogP contribution in [0.2, 0.25) is 0 Å². The van der Waals surface area contributed by atoms with Gasteiger partial charge >= 0.3 is 0 Å². The van der Waals surface area contributed by atoms with Crippen molar-refractivity contribution in [1.29, 1.82) is 5.41 Å². The van der Waals surface area contributed by atoms with Gasteiger partial charge < -0.3 is 19.9 Å². The molecule has 0 saturated carbocycles. The highest BCUT2D eigenvalue weighted by atomic mass is 19.1. The van der Waals surface area contributed by atoms with E-state index in [-0.39, 0.29) is 11.6 Å². The van der Waals surface area contributed by atoms with Gasteiger partial charge in [0.2, 0.25) is 0 Å². The molecule has 0 saturated heterocycles. The molecule has 6 heteroatoms. The first-order chi connectivity index (χ1) is 12.1. The van der Waals surface area contributed by atoms with Crippen LogP contribution in [0.5, 0.6) is 17.2 Å². The summed E-state index contributed by atoms with van der Waals surface area (Å²) < 4.78 is 30.1. The third-order valence-electron chi connectivity index (χ3n) is 3.62. The number of rotatable bonds is 10. The van der Waals surface area contributed by atoms with Gasteiger partial charge in [0, 0.05) is 5.56 Å². The van der Waals surface area contributed by atoms with Crippen LogP contribution in [0.4, 0.5) is 4.39 Å². The van der Waals surface area contributed by atoms with Crippen molar-refractivity contribution in [3.8, 4) is 17.2 Å². The van der Waals surface area contributed by atoms with Crippen LogP contribution in [0.3, 0.4) is 0 Å². The number of nitrogens with one attached hydrogen (secondary N) is 1. The topological polar surface area (TPSA) is 77.6 Å². The van der Waals surface area contributed by atoms with Gasteiger partial charge in [-0.1, -0.05) is 12.1 Å². The van der Waals surface area contributed by atoms with E-state index in [1.807, 2.05) is 24.3 Å². The fraction of sp³-hybridized carbons (Fsp3) is 0.316. The van der Waals surface area contributed by atoms with Crippen LogP contribution in [-0.4, -0.2) is 26.2 Å². The number of nitrogens with two attached hydrogens (primary N) is 1. The normalized spacial score (nSPS) is 10.3. The third-order valence-corrected chi connectivity index (χ3v) is 3.62. The molecule has 0 fully saturated rings.